The number of aromatic nitrogens is 2. The summed E-state index contributed by atoms with van der Waals surface area (Å²) < 4.78 is 55.7. The van der Waals surface area contributed by atoms with Crippen LogP contribution in [0.3, 0.4) is 0 Å². The molecule has 2 aromatic rings. The van der Waals surface area contributed by atoms with Crippen molar-refractivity contribution in [1.29, 1.82) is 0 Å². The predicted octanol–water partition coefficient (Wildman–Crippen LogP) is 3.12. The fourth-order valence-corrected chi connectivity index (χ4v) is 2.67. The van der Waals surface area contributed by atoms with Gasteiger partial charge in [0.15, 0.2) is 6.61 Å². The number of rotatable bonds is 10. The largest absolute Gasteiger partial charge is 0.489 e. The lowest BCUT2D eigenvalue weighted by molar-refractivity contribution is -0.147. The van der Waals surface area contributed by atoms with E-state index in [1.165, 1.54) is 7.11 Å². The zero-order chi connectivity index (χ0) is 23.0. The van der Waals surface area contributed by atoms with E-state index >= 15 is 0 Å². The van der Waals surface area contributed by atoms with Crippen molar-refractivity contribution >= 4 is 17.6 Å². The van der Waals surface area contributed by atoms with Gasteiger partial charge >= 0.3 is 12.1 Å². The summed E-state index contributed by atoms with van der Waals surface area (Å²) in [7, 11) is 1.45. The molecule has 0 saturated heterocycles. The first kappa shape index (κ1) is 24.2. The highest BCUT2D eigenvalue weighted by atomic mass is 19.4. The van der Waals surface area contributed by atoms with E-state index in [4.69, 9.17) is 14.2 Å². The fraction of sp³-hybridized carbons (Fsp3) is 0.450. The van der Waals surface area contributed by atoms with Gasteiger partial charge < -0.3 is 19.5 Å². The average Bonchev–Trinajstić information content (AvgIpc) is 3.02. The summed E-state index contributed by atoms with van der Waals surface area (Å²) in [6, 6.07) is 4.57. The first-order chi connectivity index (χ1) is 14.6. The third-order valence-corrected chi connectivity index (χ3v) is 4.12. The number of alkyl halides is 3. The SMILES string of the molecule is COCCOc1ccc(C(F)(F)F)cc1NC(=O)COC(=O)CCn1nc(C)cc1C. The zero-order valence-corrected chi connectivity index (χ0v) is 17.4. The van der Waals surface area contributed by atoms with Gasteiger partial charge in [-0.05, 0) is 38.1 Å². The van der Waals surface area contributed by atoms with Crippen LogP contribution in [0.25, 0.3) is 0 Å². The van der Waals surface area contributed by atoms with Crippen molar-refractivity contribution in [3.05, 3.63) is 41.2 Å². The van der Waals surface area contributed by atoms with Gasteiger partial charge in [0.2, 0.25) is 0 Å². The smallest absolute Gasteiger partial charge is 0.416 e. The Morgan fingerprint density at radius 1 is 1.16 bits per heavy atom. The standard InChI is InChI=1S/C20H24F3N3O5/c1-13-10-14(2)26(25-13)7-6-19(28)31-12-18(27)24-16-11-15(20(21,22)23)4-5-17(16)30-9-8-29-3/h4-5,10-11H,6-9,12H2,1-3H3,(H,24,27). The van der Waals surface area contributed by atoms with Crippen molar-refractivity contribution < 1.29 is 37.0 Å². The second-order valence-electron chi connectivity index (χ2n) is 6.66. The number of aryl methyl sites for hydroxylation is 3. The molecule has 0 aliphatic heterocycles. The Hall–Kier alpha value is -3.08. The molecule has 31 heavy (non-hydrogen) atoms. The monoisotopic (exact) mass is 443 g/mol. The molecule has 1 aromatic carbocycles. The van der Waals surface area contributed by atoms with E-state index in [-0.39, 0.29) is 37.6 Å². The molecule has 1 aromatic heterocycles. The number of carbonyl (C=O) groups excluding carboxylic acids is 2. The van der Waals surface area contributed by atoms with Crippen LogP contribution in [-0.2, 0) is 31.8 Å². The highest BCUT2D eigenvalue weighted by Crippen LogP contribution is 2.35. The number of nitrogens with one attached hydrogen (secondary N) is 1. The topological polar surface area (TPSA) is 91.7 Å². The lowest BCUT2D eigenvalue weighted by Crippen LogP contribution is -2.22. The van der Waals surface area contributed by atoms with E-state index in [1.807, 2.05) is 19.9 Å². The number of benzene rings is 1. The van der Waals surface area contributed by atoms with Gasteiger partial charge in [-0.3, -0.25) is 14.3 Å². The van der Waals surface area contributed by atoms with Crippen LogP contribution < -0.4 is 10.1 Å². The highest BCUT2D eigenvalue weighted by molar-refractivity contribution is 5.94. The molecule has 0 saturated carbocycles. The molecule has 170 valence electrons. The van der Waals surface area contributed by atoms with E-state index in [2.05, 4.69) is 10.4 Å². The molecule has 8 nitrogen and oxygen atoms in total. The molecule has 2 rings (SSSR count). The van der Waals surface area contributed by atoms with Crippen LogP contribution in [0.2, 0.25) is 0 Å². The summed E-state index contributed by atoms with van der Waals surface area (Å²) in [5, 5.41) is 6.51. The third-order valence-electron chi connectivity index (χ3n) is 4.12. The molecular weight excluding hydrogens is 419 g/mol. The second-order valence-corrected chi connectivity index (χ2v) is 6.66. The number of anilines is 1. The second kappa shape index (κ2) is 10.8. The number of nitrogens with zero attached hydrogens (tertiary/aromatic N) is 2. The minimum Gasteiger partial charge on any atom is -0.489 e. The molecule has 0 atom stereocenters. The van der Waals surface area contributed by atoms with Gasteiger partial charge in [0, 0.05) is 12.8 Å². The fourth-order valence-electron chi connectivity index (χ4n) is 2.67. The number of hydrogen-bond acceptors (Lipinski definition) is 6. The molecule has 0 unspecified atom stereocenters. The maximum atomic E-state index is 13.0. The van der Waals surface area contributed by atoms with Crippen molar-refractivity contribution in [2.45, 2.75) is 33.0 Å². The molecule has 0 radical (unpaired) electrons. The molecule has 11 heteroatoms. The van der Waals surface area contributed by atoms with Gasteiger partial charge in [-0.25, -0.2) is 0 Å². The van der Waals surface area contributed by atoms with E-state index in [0.717, 1.165) is 29.6 Å². The van der Waals surface area contributed by atoms with Crippen molar-refractivity contribution in [1.82, 2.24) is 9.78 Å². The van der Waals surface area contributed by atoms with Gasteiger partial charge in [-0.15, -0.1) is 0 Å². The van der Waals surface area contributed by atoms with Crippen LogP contribution >= 0.6 is 0 Å². The van der Waals surface area contributed by atoms with Crippen LogP contribution in [0.5, 0.6) is 5.75 Å². The molecule has 0 bridgehead atoms. The van der Waals surface area contributed by atoms with Crippen molar-refractivity contribution in [3.63, 3.8) is 0 Å². The van der Waals surface area contributed by atoms with Crippen LogP contribution in [0.1, 0.15) is 23.4 Å². The van der Waals surface area contributed by atoms with Gasteiger partial charge in [-0.2, -0.15) is 18.3 Å². The van der Waals surface area contributed by atoms with Gasteiger partial charge in [-0.1, -0.05) is 0 Å². The Morgan fingerprint density at radius 2 is 1.90 bits per heavy atom. The van der Waals surface area contributed by atoms with Crippen LogP contribution in [0.4, 0.5) is 18.9 Å². The van der Waals surface area contributed by atoms with Crippen molar-refractivity contribution in [2.75, 3.05) is 32.2 Å². The Labute approximate surface area is 177 Å². The van der Waals surface area contributed by atoms with E-state index < -0.39 is 30.2 Å². The van der Waals surface area contributed by atoms with E-state index in [1.54, 1.807) is 4.68 Å². The number of amides is 1. The molecule has 0 aliphatic rings. The lowest BCUT2D eigenvalue weighted by atomic mass is 10.1. The minimum atomic E-state index is -4.60. The number of halogens is 3. The average molecular weight is 443 g/mol. The maximum absolute atomic E-state index is 13.0. The Morgan fingerprint density at radius 3 is 2.52 bits per heavy atom. The van der Waals surface area contributed by atoms with Crippen LogP contribution in [0, 0.1) is 13.8 Å². The summed E-state index contributed by atoms with van der Waals surface area (Å²) in [5.41, 5.74) is 0.557. The number of carbonyl (C=O) groups is 2. The highest BCUT2D eigenvalue weighted by Gasteiger charge is 2.31. The summed E-state index contributed by atoms with van der Waals surface area (Å²) in [6.07, 6.45) is -4.61. The predicted molar refractivity (Wildman–Crippen MR) is 105 cm³/mol. The third kappa shape index (κ3) is 7.59. The number of ether oxygens (including phenoxy) is 3. The van der Waals surface area contributed by atoms with Crippen LogP contribution in [-0.4, -0.2) is 48.6 Å². The Kier molecular flexibility index (Phi) is 8.43. The lowest BCUT2D eigenvalue weighted by Gasteiger charge is -2.15. The summed E-state index contributed by atoms with van der Waals surface area (Å²) in [6.45, 7) is 3.59. The zero-order valence-electron chi connectivity index (χ0n) is 17.4. The Balaban J connectivity index is 1.94. The summed E-state index contributed by atoms with van der Waals surface area (Å²) in [4.78, 5) is 24.0. The molecular formula is C20H24F3N3O5. The number of methoxy groups -OCH3 is 1. The summed E-state index contributed by atoms with van der Waals surface area (Å²) in [5.74, 6) is -1.40. The molecule has 1 amide bonds. The van der Waals surface area contributed by atoms with Gasteiger partial charge in [0.1, 0.15) is 12.4 Å². The summed E-state index contributed by atoms with van der Waals surface area (Å²) >= 11 is 0. The number of esters is 1. The quantitative estimate of drug-likeness (QED) is 0.448. The molecule has 0 spiro atoms. The van der Waals surface area contributed by atoms with Crippen LogP contribution in [0.15, 0.2) is 24.3 Å². The van der Waals surface area contributed by atoms with E-state index in [0.29, 0.717) is 0 Å². The van der Waals surface area contributed by atoms with Crippen molar-refractivity contribution in [3.8, 4) is 5.75 Å². The first-order valence-electron chi connectivity index (χ1n) is 9.39. The minimum absolute atomic E-state index is 0.00974. The number of hydrogen-bond donors (Lipinski definition) is 1. The van der Waals surface area contributed by atoms with Crippen molar-refractivity contribution in [2.24, 2.45) is 0 Å². The van der Waals surface area contributed by atoms with Gasteiger partial charge in [0.25, 0.3) is 5.91 Å². The molecule has 0 aliphatic carbocycles. The van der Waals surface area contributed by atoms with E-state index in [9.17, 15) is 22.8 Å². The first-order valence-corrected chi connectivity index (χ1v) is 9.39. The molecule has 1 N–H and O–H groups in total. The van der Waals surface area contributed by atoms with Gasteiger partial charge in [0.05, 0.1) is 36.5 Å². The normalized spacial score (nSPS) is 11.3. The maximum Gasteiger partial charge on any atom is 0.416 e. The Bertz CT molecular complexity index is 912. The molecule has 0 fully saturated rings. The molecule has 1 heterocycles.